The summed E-state index contributed by atoms with van der Waals surface area (Å²) in [6, 6.07) is 0.367. The molecule has 0 bridgehead atoms. The zero-order valence-electron chi connectivity index (χ0n) is 9.75. The van der Waals surface area contributed by atoms with Gasteiger partial charge < -0.3 is 5.32 Å². The van der Waals surface area contributed by atoms with Crippen molar-refractivity contribution < 1.29 is 0 Å². The highest BCUT2D eigenvalue weighted by atomic mass is 14.9. The second kappa shape index (κ2) is 4.27. The summed E-state index contributed by atoms with van der Waals surface area (Å²) < 4.78 is 0. The van der Waals surface area contributed by atoms with Crippen molar-refractivity contribution in [3.05, 3.63) is 23.3 Å². The Morgan fingerprint density at radius 3 is 2.80 bits per heavy atom. The maximum absolute atomic E-state index is 4.39. The van der Waals surface area contributed by atoms with Gasteiger partial charge in [-0.3, -0.25) is 0 Å². The van der Waals surface area contributed by atoms with Crippen molar-refractivity contribution in [2.45, 2.75) is 39.7 Å². The lowest BCUT2D eigenvalue weighted by Gasteiger charge is -2.15. The monoisotopic (exact) mass is 205 g/mol. The van der Waals surface area contributed by atoms with Crippen LogP contribution in [0, 0.1) is 19.8 Å². The van der Waals surface area contributed by atoms with E-state index < -0.39 is 0 Å². The predicted octanol–water partition coefficient (Wildman–Crippen LogP) is 2.15. The first-order chi connectivity index (χ1) is 7.16. The molecule has 1 fully saturated rings. The molecule has 82 valence electrons. The van der Waals surface area contributed by atoms with Gasteiger partial charge in [0.05, 0.1) is 0 Å². The molecule has 0 amide bonds. The van der Waals surface area contributed by atoms with Crippen LogP contribution in [0.2, 0.25) is 0 Å². The Morgan fingerprint density at radius 2 is 2.20 bits per heavy atom. The van der Waals surface area contributed by atoms with Gasteiger partial charge in [0.1, 0.15) is 5.82 Å². The molecule has 1 aliphatic rings. The Kier molecular flexibility index (Phi) is 3.00. The summed E-state index contributed by atoms with van der Waals surface area (Å²) in [6.45, 7) is 7.30. The molecule has 1 aromatic heterocycles. The number of aryl methyl sites for hydroxylation is 2. The van der Waals surface area contributed by atoms with Crippen LogP contribution in [-0.2, 0) is 0 Å². The molecule has 15 heavy (non-hydrogen) atoms. The number of nitrogens with one attached hydrogen (secondary N) is 1. The van der Waals surface area contributed by atoms with Gasteiger partial charge >= 0.3 is 0 Å². The van der Waals surface area contributed by atoms with Gasteiger partial charge in [-0.2, -0.15) is 0 Å². The minimum atomic E-state index is 0.367. The van der Waals surface area contributed by atoms with E-state index >= 15 is 0 Å². The minimum Gasteiger partial charge on any atom is -0.310 e. The summed E-state index contributed by atoms with van der Waals surface area (Å²) in [5.74, 6) is 1.77. The van der Waals surface area contributed by atoms with E-state index in [0.717, 1.165) is 24.0 Å². The third-order valence-electron chi connectivity index (χ3n) is 3.01. The molecule has 0 saturated heterocycles. The smallest absolute Gasteiger partial charge is 0.125 e. The molecule has 3 heteroatoms. The van der Waals surface area contributed by atoms with Gasteiger partial charge in [-0.05, 0) is 46.1 Å². The molecule has 1 N–H and O–H groups in total. The van der Waals surface area contributed by atoms with E-state index in [9.17, 15) is 0 Å². The second-order valence-electron chi connectivity index (χ2n) is 4.53. The average molecular weight is 205 g/mol. The highest BCUT2D eigenvalue weighted by Crippen LogP contribution is 2.28. The summed E-state index contributed by atoms with van der Waals surface area (Å²) in [7, 11) is 0. The third kappa shape index (κ3) is 2.75. The molecule has 0 aliphatic heterocycles. The lowest BCUT2D eigenvalue weighted by Crippen LogP contribution is -2.22. The van der Waals surface area contributed by atoms with Crippen molar-refractivity contribution in [3.63, 3.8) is 0 Å². The van der Waals surface area contributed by atoms with E-state index in [1.54, 1.807) is 0 Å². The lowest BCUT2D eigenvalue weighted by atomic mass is 10.1. The zero-order chi connectivity index (χ0) is 10.8. The Hall–Kier alpha value is -0.960. The Bertz CT molecular complexity index is 345. The molecule has 1 heterocycles. The molecule has 1 aliphatic carbocycles. The summed E-state index contributed by atoms with van der Waals surface area (Å²) >= 11 is 0. The molecule has 0 spiro atoms. The van der Waals surface area contributed by atoms with E-state index in [-0.39, 0.29) is 0 Å². The Morgan fingerprint density at radius 1 is 1.47 bits per heavy atom. The Balaban J connectivity index is 1.99. The molecular formula is C12H19N3. The van der Waals surface area contributed by atoms with Gasteiger partial charge in [-0.25, -0.2) is 9.97 Å². The van der Waals surface area contributed by atoms with Crippen LogP contribution in [0.5, 0.6) is 0 Å². The minimum absolute atomic E-state index is 0.367. The first-order valence-electron chi connectivity index (χ1n) is 5.70. The number of hydrogen-bond acceptors (Lipinski definition) is 3. The highest BCUT2D eigenvalue weighted by Gasteiger charge is 2.22. The van der Waals surface area contributed by atoms with Crippen LogP contribution < -0.4 is 5.32 Å². The summed E-state index contributed by atoms with van der Waals surface area (Å²) in [4.78, 5) is 8.64. The standard InChI is InChI=1S/C12H19N3/c1-8(13-6-11-4-5-11)12-7-14-10(3)15-9(12)2/h7-8,11,13H,4-6H2,1-3H3. The topological polar surface area (TPSA) is 37.8 Å². The average Bonchev–Trinajstić information content (AvgIpc) is 2.97. The summed E-state index contributed by atoms with van der Waals surface area (Å²) in [5, 5.41) is 3.54. The summed E-state index contributed by atoms with van der Waals surface area (Å²) in [5.41, 5.74) is 2.32. The van der Waals surface area contributed by atoms with Crippen LogP contribution >= 0.6 is 0 Å². The SMILES string of the molecule is Cc1ncc(C(C)NCC2CC2)c(C)n1. The molecule has 1 saturated carbocycles. The van der Waals surface area contributed by atoms with Crippen molar-refractivity contribution >= 4 is 0 Å². The lowest BCUT2D eigenvalue weighted by molar-refractivity contribution is 0.543. The number of hydrogen-bond donors (Lipinski definition) is 1. The maximum Gasteiger partial charge on any atom is 0.125 e. The zero-order valence-corrected chi connectivity index (χ0v) is 9.75. The number of nitrogens with zero attached hydrogens (tertiary/aromatic N) is 2. The number of rotatable bonds is 4. The van der Waals surface area contributed by atoms with Crippen molar-refractivity contribution in [2.75, 3.05) is 6.54 Å². The van der Waals surface area contributed by atoms with Gasteiger partial charge in [-0.1, -0.05) is 0 Å². The van der Waals surface area contributed by atoms with Gasteiger partial charge in [0.2, 0.25) is 0 Å². The molecule has 2 rings (SSSR count). The fourth-order valence-electron chi connectivity index (χ4n) is 1.79. The molecule has 0 radical (unpaired) electrons. The highest BCUT2D eigenvalue weighted by molar-refractivity contribution is 5.19. The van der Waals surface area contributed by atoms with Crippen molar-refractivity contribution in [1.29, 1.82) is 0 Å². The van der Waals surface area contributed by atoms with Crippen LogP contribution in [-0.4, -0.2) is 16.5 Å². The van der Waals surface area contributed by atoms with Crippen LogP contribution in [0.3, 0.4) is 0 Å². The van der Waals surface area contributed by atoms with E-state index in [1.807, 2.05) is 13.1 Å². The third-order valence-corrected chi connectivity index (χ3v) is 3.01. The van der Waals surface area contributed by atoms with E-state index in [0.29, 0.717) is 6.04 Å². The van der Waals surface area contributed by atoms with Gasteiger partial charge in [0.25, 0.3) is 0 Å². The predicted molar refractivity (Wildman–Crippen MR) is 60.6 cm³/mol. The van der Waals surface area contributed by atoms with Gasteiger partial charge in [0, 0.05) is 23.5 Å². The van der Waals surface area contributed by atoms with Crippen LogP contribution in [0.1, 0.15) is 42.9 Å². The Labute approximate surface area is 91.3 Å². The van der Waals surface area contributed by atoms with Crippen LogP contribution in [0.25, 0.3) is 0 Å². The van der Waals surface area contributed by atoms with Gasteiger partial charge in [0.15, 0.2) is 0 Å². The maximum atomic E-state index is 4.39. The first-order valence-corrected chi connectivity index (χ1v) is 5.70. The molecule has 0 aromatic carbocycles. The molecule has 1 atom stereocenters. The van der Waals surface area contributed by atoms with Crippen molar-refractivity contribution in [3.8, 4) is 0 Å². The second-order valence-corrected chi connectivity index (χ2v) is 4.53. The van der Waals surface area contributed by atoms with Crippen molar-refractivity contribution in [1.82, 2.24) is 15.3 Å². The first kappa shape index (κ1) is 10.6. The van der Waals surface area contributed by atoms with Crippen LogP contribution in [0.4, 0.5) is 0 Å². The molecule has 1 aromatic rings. The number of aromatic nitrogens is 2. The van der Waals surface area contributed by atoms with Crippen LogP contribution in [0.15, 0.2) is 6.20 Å². The van der Waals surface area contributed by atoms with E-state index in [4.69, 9.17) is 0 Å². The summed E-state index contributed by atoms with van der Waals surface area (Å²) in [6.07, 6.45) is 4.73. The molecular weight excluding hydrogens is 186 g/mol. The largest absolute Gasteiger partial charge is 0.310 e. The molecule has 1 unspecified atom stereocenters. The fourth-order valence-corrected chi connectivity index (χ4v) is 1.79. The molecule has 3 nitrogen and oxygen atoms in total. The fraction of sp³-hybridized carbons (Fsp3) is 0.667. The normalized spacial score (nSPS) is 17.8. The van der Waals surface area contributed by atoms with Gasteiger partial charge in [-0.15, -0.1) is 0 Å². The van der Waals surface area contributed by atoms with Crippen molar-refractivity contribution in [2.24, 2.45) is 5.92 Å². The quantitative estimate of drug-likeness (QED) is 0.818. The van der Waals surface area contributed by atoms with E-state index in [1.165, 1.54) is 18.4 Å². The van der Waals surface area contributed by atoms with E-state index in [2.05, 4.69) is 29.1 Å².